The summed E-state index contributed by atoms with van der Waals surface area (Å²) in [6, 6.07) is 22.1. The second-order valence-corrected chi connectivity index (χ2v) is 8.73. The van der Waals surface area contributed by atoms with Gasteiger partial charge in [-0.25, -0.2) is 9.37 Å². The van der Waals surface area contributed by atoms with Crippen LogP contribution in [0.15, 0.2) is 78.9 Å². The maximum atomic E-state index is 14.0. The Hall–Kier alpha value is -3.65. The molecule has 0 fully saturated rings. The zero-order valence-corrected chi connectivity index (χ0v) is 19.5. The lowest BCUT2D eigenvalue weighted by molar-refractivity contribution is -0.116. The molecular weight excluding hydrogens is 451 g/mol. The molecule has 1 unspecified atom stereocenters. The van der Waals surface area contributed by atoms with Crippen molar-refractivity contribution in [2.45, 2.75) is 19.0 Å². The van der Waals surface area contributed by atoms with Gasteiger partial charge in [0.2, 0.25) is 5.91 Å². The second-order valence-electron chi connectivity index (χ2n) is 7.75. The number of para-hydroxylation sites is 3. The molecule has 34 heavy (non-hydrogen) atoms. The van der Waals surface area contributed by atoms with Gasteiger partial charge in [-0.3, -0.25) is 9.59 Å². The topological polar surface area (TPSA) is 76.0 Å². The molecule has 2 amide bonds. The number of imidazole rings is 1. The molecule has 0 saturated heterocycles. The molecule has 174 valence electrons. The number of benzene rings is 3. The molecule has 0 aliphatic carbocycles. The Morgan fingerprint density at radius 3 is 2.47 bits per heavy atom. The molecule has 0 radical (unpaired) electrons. The molecule has 0 aliphatic rings. The summed E-state index contributed by atoms with van der Waals surface area (Å²) in [6.45, 7) is -0.0683. The first-order chi connectivity index (χ1) is 16.6. The second kappa shape index (κ2) is 11.0. The van der Waals surface area contributed by atoms with Crippen LogP contribution >= 0.6 is 11.8 Å². The fraction of sp³-hybridized carbons (Fsp3) is 0.192. The normalized spacial score (nSPS) is 11.8. The smallest absolute Gasteiger partial charge is 0.251 e. The Labute approximate surface area is 201 Å². The molecule has 8 heteroatoms. The summed E-state index contributed by atoms with van der Waals surface area (Å²) in [6.07, 6.45) is 2.64. The van der Waals surface area contributed by atoms with Crippen molar-refractivity contribution in [1.29, 1.82) is 0 Å². The monoisotopic (exact) mass is 476 g/mol. The minimum absolute atomic E-state index is 0.0683. The van der Waals surface area contributed by atoms with Crippen LogP contribution in [-0.4, -0.2) is 33.4 Å². The van der Waals surface area contributed by atoms with E-state index in [4.69, 9.17) is 4.98 Å². The number of thioether (sulfide) groups is 1. The fourth-order valence-corrected chi connectivity index (χ4v) is 4.23. The molecule has 4 rings (SSSR count). The van der Waals surface area contributed by atoms with Gasteiger partial charge in [-0.15, -0.1) is 0 Å². The highest BCUT2D eigenvalue weighted by Crippen LogP contribution is 2.25. The van der Waals surface area contributed by atoms with Gasteiger partial charge in [-0.1, -0.05) is 42.5 Å². The number of fused-ring (bicyclic) bond motifs is 1. The molecule has 0 aliphatic heterocycles. The molecule has 0 saturated carbocycles. The molecule has 0 bridgehead atoms. The molecule has 1 atom stereocenters. The van der Waals surface area contributed by atoms with Crippen molar-refractivity contribution in [2.24, 2.45) is 0 Å². The van der Waals surface area contributed by atoms with E-state index in [9.17, 15) is 14.0 Å². The largest absolute Gasteiger partial charge is 0.342 e. The average molecular weight is 477 g/mol. The van der Waals surface area contributed by atoms with Crippen LogP contribution in [0.4, 0.5) is 10.1 Å². The van der Waals surface area contributed by atoms with Gasteiger partial charge < -0.3 is 15.2 Å². The first-order valence-corrected chi connectivity index (χ1v) is 12.3. The molecule has 1 aromatic heterocycles. The van der Waals surface area contributed by atoms with Gasteiger partial charge in [0.1, 0.15) is 18.2 Å². The number of nitrogens with zero attached hydrogens (tertiary/aromatic N) is 2. The minimum atomic E-state index is -0.500. The summed E-state index contributed by atoms with van der Waals surface area (Å²) in [5.74, 6) is 0.293. The summed E-state index contributed by atoms with van der Waals surface area (Å²) in [4.78, 5) is 30.6. The number of anilines is 1. The number of nitrogens with one attached hydrogen (secondary N) is 2. The van der Waals surface area contributed by atoms with Crippen molar-refractivity contribution in [2.75, 3.05) is 17.3 Å². The molecule has 2 N–H and O–H groups in total. The quantitative estimate of drug-likeness (QED) is 0.355. The van der Waals surface area contributed by atoms with E-state index in [0.717, 1.165) is 16.8 Å². The van der Waals surface area contributed by atoms with E-state index in [2.05, 4.69) is 10.6 Å². The number of halogens is 1. The van der Waals surface area contributed by atoms with Gasteiger partial charge in [0.15, 0.2) is 0 Å². The van der Waals surface area contributed by atoms with Crippen LogP contribution in [0.5, 0.6) is 0 Å². The summed E-state index contributed by atoms with van der Waals surface area (Å²) in [5.41, 5.74) is 2.16. The molecule has 0 spiro atoms. The molecule has 1 heterocycles. The van der Waals surface area contributed by atoms with Crippen molar-refractivity contribution < 1.29 is 14.0 Å². The van der Waals surface area contributed by atoms with Crippen LogP contribution in [0.25, 0.3) is 11.0 Å². The molecule has 4 aromatic rings. The lowest BCUT2D eigenvalue weighted by atomic mass is 10.1. The van der Waals surface area contributed by atoms with Crippen molar-refractivity contribution in [1.82, 2.24) is 14.9 Å². The van der Waals surface area contributed by atoms with E-state index in [-0.39, 0.29) is 24.0 Å². The Balaban J connectivity index is 1.66. The van der Waals surface area contributed by atoms with Crippen LogP contribution in [-0.2, 0) is 11.3 Å². The van der Waals surface area contributed by atoms with E-state index in [1.165, 1.54) is 12.1 Å². The van der Waals surface area contributed by atoms with Crippen LogP contribution in [0.2, 0.25) is 0 Å². The van der Waals surface area contributed by atoms with Gasteiger partial charge in [0.05, 0.1) is 22.8 Å². The Kier molecular flexibility index (Phi) is 7.59. The molecular formula is C26H25FN4O2S. The first kappa shape index (κ1) is 23.5. The SMILES string of the molecule is CSCCC(NC(=O)c1ccccc1)c1nc2ccccc2n1CC(=O)Nc1ccccc1F. The van der Waals surface area contributed by atoms with Crippen LogP contribution < -0.4 is 10.6 Å². The Morgan fingerprint density at radius 1 is 1.00 bits per heavy atom. The highest BCUT2D eigenvalue weighted by Gasteiger charge is 2.24. The van der Waals surface area contributed by atoms with E-state index in [0.29, 0.717) is 17.8 Å². The predicted molar refractivity (Wildman–Crippen MR) is 134 cm³/mol. The fourth-order valence-electron chi connectivity index (χ4n) is 3.75. The van der Waals surface area contributed by atoms with Gasteiger partial charge in [0.25, 0.3) is 5.91 Å². The third-order valence-electron chi connectivity index (χ3n) is 5.40. The maximum Gasteiger partial charge on any atom is 0.251 e. The van der Waals surface area contributed by atoms with Crippen molar-refractivity contribution in [3.8, 4) is 0 Å². The lowest BCUT2D eigenvalue weighted by Gasteiger charge is -2.20. The summed E-state index contributed by atoms with van der Waals surface area (Å²) in [7, 11) is 0. The lowest BCUT2D eigenvalue weighted by Crippen LogP contribution is -2.32. The van der Waals surface area contributed by atoms with Gasteiger partial charge in [-0.2, -0.15) is 11.8 Å². The number of carbonyl (C=O) groups excluding carboxylic acids is 2. The number of carbonyl (C=O) groups is 2. The molecule has 3 aromatic carbocycles. The highest BCUT2D eigenvalue weighted by atomic mass is 32.2. The van der Waals surface area contributed by atoms with Gasteiger partial charge >= 0.3 is 0 Å². The summed E-state index contributed by atoms with van der Waals surface area (Å²) in [5, 5.41) is 5.73. The van der Waals surface area contributed by atoms with Crippen molar-refractivity contribution in [3.63, 3.8) is 0 Å². The van der Waals surface area contributed by atoms with Gasteiger partial charge in [-0.05, 0) is 54.8 Å². The maximum absolute atomic E-state index is 14.0. The van der Waals surface area contributed by atoms with Crippen molar-refractivity contribution in [3.05, 3.63) is 96.1 Å². The number of aromatic nitrogens is 2. The molecule has 6 nitrogen and oxygen atoms in total. The van der Waals surface area contributed by atoms with Crippen LogP contribution in [0.3, 0.4) is 0 Å². The standard InChI is InChI=1S/C26H25FN4O2S/c1-34-16-15-22(30-26(33)18-9-3-2-4-10-18)25-29-21-13-7-8-14-23(21)31(25)17-24(32)28-20-12-6-5-11-19(20)27/h2-14,22H,15-17H2,1H3,(H,28,32)(H,30,33). The van der Waals surface area contributed by atoms with Crippen LogP contribution in [0.1, 0.15) is 28.6 Å². The van der Waals surface area contributed by atoms with Crippen molar-refractivity contribution >= 4 is 40.3 Å². The third kappa shape index (κ3) is 5.46. The highest BCUT2D eigenvalue weighted by molar-refractivity contribution is 7.98. The minimum Gasteiger partial charge on any atom is -0.342 e. The number of rotatable bonds is 9. The average Bonchev–Trinajstić information content (AvgIpc) is 3.21. The number of hydrogen-bond acceptors (Lipinski definition) is 4. The van der Waals surface area contributed by atoms with E-state index in [1.54, 1.807) is 40.6 Å². The van der Waals surface area contributed by atoms with E-state index < -0.39 is 11.9 Å². The first-order valence-electron chi connectivity index (χ1n) is 10.9. The van der Waals surface area contributed by atoms with Gasteiger partial charge in [0, 0.05) is 5.56 Å². The Bertz CT molecular complexity index is 1290. The third-order valence-corrected chi connectivity index (χ3v) is 6.04. The van der Waals surface area contributed by atoms with E-state index in [1.807, 2.05) is 48.7 Å². The summed E-state index contributed by atoms with van der Waals surface area (Å²) < 4.78 is 15.8. The Morgan fingerprint density at radius 2 is 1.71 bits per heavy atom. The summed E-state index contributed by atoms with van der Waals surface area (Å²) >= 11 is 1.67. The zero-order chi connectivity index (χ0) is 23.9. The van der Waals surface area contributed by atoms with Crippen LogP contribution in [0, 0.1) is 5.82 Å². The number of hydrogen-bond donors (Lipinski definition) is 2. The predicted octanol–water partition coefficient (Wildman–Crippen LogP) is 5.04. The number of amides is 2. The zero-order valence-electron chi connectivity index (χ0n) is 18.7. The van der Waals surface area contributed by atoms with E-state index >= 15 is 0 Å².